The van der Waals surface area contributed by atoms with E-state index >= 15 is 0 Å². The van der Waals surface area contributed by atoms with Gasteiger partial charge in [0.2, 0.25) is 4.96 Å². The molecule has 2 heterocycles. The van der Waals surface area contributed by atoms with E-state index in [1.54, 1.807) is 24.3 Å². The summed E-state index contributed by atoms with van der Waals surface area (Å²) in [6.07, 6.45) is -4.57. The van der Waals surface area contributed by atoms with Gasteiger partial charge < -0.3 is 0 Å². The van der Waals surface area contributed by atoms with Gasteiger partial charge in [0.05, 0.1) is 0 Å². The maximum atomic E-state index is 12.7. The van der Waals surface area contributed by atoms with Gasteiger partial charge in [-0.3, -0.25) is 0 Å². The Bertz CT molecular complexity index is 731. The van der Waals surface area contributed by atoms with Crippen LogP contribution in [0.15, 0.2) is 28.7 Å². The minimum absolute atomic E-state index is 0.116. The number of benzene rings is 1. The summed E-state index contributed by atoms with van der Waals surface area (Å²) in [6.45, 7) is 0. The Morgan fingerprint density at radius 1 is 1.11 bits per heavy atom. The van der Waals surface area contributed by atoms with Gasteiger partial charge in [0.25, 0.3) is 5.82 Å². The third kappa shape index (κ3) is 2.23. The van der Waals surface area contributed by atoms with Crippen LogP contribution in [0.1, 0.15) is 5.82 Å². The minimum Gasteiger partial charge on any atom is -0.178 e. The van der Waals surface area contributed by atoms with E-state index in [0.29, 0.717) is 5.01 Å². The molecule has 0 atom stereocenters. The summed E-state index contributed by atoms with van der Waals surface area (Å²) in [4.78, 5) is 0.116. The Hall–Kier alpha value is -1.48. The normalized spacial score (nSPS) is 12.2. The van der Waals surface area contributed by atoms with Crippen LogP contribution in [0.4, 0.5) is 13.2 Å². The Morgan fingerprint density at radius 2 is 1.79 bits per heavy atom. The molecule has 98 valence electrons. The van der Waals surface area contributed by atoms with Crippen LogP contribution in [0.2, 0.25) is 0 Å². The van der Waals surface area contributed by atoms with Crippen molar-refractivity contribution in [3.8, 4) is 10.6 Å². The number of hydrogen-bond acceptors (Lipinski definition) is 4. The second-order valence-electron chi connectivity index (χ2n) is 3.63. The second-order valence-corrected chi connectivity index (χ2v) is 5.50. The van der Waals surface area contributed by atoms with Gasteiger partial charge in [-0.2, -0.15) is 22.8 Å². The molecule has 0 N–H and O–H groups in total. The molecule has 0 aliphatic rings. The number of fused-ring (bicyclic) bond motifs is 1. The molecule has 19 heavy (non-hydrogen) atoms. The summed E-state index contributed by atoms with van der Waals surface area (Å²) in [5.74, 6) is -1.11. The molecule has 0 saturated carbocycles. The predicted octanol–water partition coefficient (Wildman–Crippen LogP) is 3.63. The molecule has 1 aromatic carbocycles. The average molecular weight is 349 g/mol. The van der Waals surface area contributed by atoms with Gasteiger partial charge in [0, 0.05) is 10.0 Å². The van der Waals surface area contributed by atoms with Crippen LogP contribution in [0, 0.1) is 0 Å². The highest BCUT2D eigenvalue weighted by Gasteiger charge is 2.38. The summed E-state index contributed by atoms with van der Waals surface area (Å²) >= 11 is 4.35. The number of alkyl halides is 3. The molecule has 4 nitrogen and oxygen atoms in total. The van der Waals surface area contributed by atoms with Crippen LogP contribution in [0.25, 0.3) is 15.5 Å². The third-order valence-electron chi connectivity index (χ3n) is 2.34. The van der Waals surface area contributed by atoms with Crippen LogP contribution in [-0.4, -0.2) is 19.8 Å². The SMILES string of the molecule is FC(F)(F)c1nnc2sc(-c3ccc(Br)cc3)nn12. The first kappa shape index (κ1) is 12.5. The summed E-state index contributed by atoms with van der Waals surface area (Å²) in [5, 5.41) is 11.0. The van der Waals surface area contributed by atoms with Gasteiger partial charge in [-0.25, -0.2) is 0 Å². The van der Waals surface area contributed by atoms with E-state index in [9.17, 15) is 13.2 Å². The fraction of sp³-hybridized carbons (Fsp3) is 0.100. The van der Waals surface area contributed by atoms with Crippen molar-refractivity contribution < 1.29 is 13.2 Å². The van der Waals surface area contributed by atoms with E-state index in [1.165, 1.54) is 0 Å². The van der Waals surface area contributed by atoms with Crippen LogP contribution in [-0.2, 0) is 6.18 Å². The first-order valence-electron chi connectivity index (χ1n) is 5.00. The van der Waals surface area contributed by atoms with Crippen molar-refractivity contribution >= 4 is 32.2 Å². The fourth-order valence-electron chi connectivity index (χ4n) is 1.50. The maximum Gasteiger partial charge on any atom is 0.453 e. The average Bonchev–Trinajstić information content (AvgIpc) is 2.87. The van der Waals surface area contributed by atoms with E-state index in [2.05, 4.69) is 31.2 Å². The van der Waals surface area contributed by atoms with E-state index in [0.717, 1.165) is 25.9 Å². The molecule has 0 unspecified atom stereocenters. The topological polar surface area (TPSA) is 43.1 Å². The number of nitrogens with zero attached hydrogens (tertiary/aromatic N) is 4. The van der Waals surface area contributed by atoms with Gasteiger partial charge in [-0.15, -0.1) is 10.2 Å². The summed E-state index contributed by atoms with van der Waals surface area (Å²) in [7, 11) is 0. The molecule has 0 radical (unpaired) electrons. The lowest BCUT2D eigenvalue weighted by Crippen LogP contribution is -2.11. The lowest BCUT2D eigenvalue weighted by atomic mass is 10.2. The predicted molar refractivity (Wildman–Crippen MR) is 66.8 cm³/mol. The molecule has 0 aliphatic heterocycles. The molecule has 3 rings (SSSR count). The fourth-order valence-corrected chi connectivity index (χ4v) is 2.61. The Balaban J connectivity index is 2.12. The number of hydrogen-bond donors (Lipinski definition) is 0. The standard InChI is InChI=1S/C10H4BrF3N4S/c11-6-3-1-5(2-4-6)7-17-18-8(10(12,13)14)15-16-9(18)19-7/h1-4H. The zero-order valence-corrected chi connectivity index (χ0v) is 11.4. The van der Waals surface area contributed by atoms with Crippen molar-refractivity contribution in [3.05, 3.63) is 34.6 Å². The van der Waals surface area contributed by atoms with E-state index in [1.807, 2.05) is 0 Å². The molecular formula is C10H4BrF3N4S. The monoisotopic (exact) mass is 348 g/mol. The molecule has 0 amide bonds. The lowest BCUT2D eigenvalue weighted by Gasteiger charge is -2.00. The Labute approximate surface area is 117 Å². The summed E-state index contributed by atoms with van der Waals surface area (Å²) < 4.78 is 39.6. The van der Waals surface area contributed by atoms with Crippen molar-refractivity contribution in [1.29, 1.82) is 0 Å². The molecule has 2 aromatic heterocycles. The number of rotatable bonds is 1. The van der Waals surface area contributed by atoms with Gasteiger partial charge in [0.1, 0.15) is 5.01 Å². The van der Waals surface area contributed by atoms with E-state index in [-0.39, 0.29) is 4.96 Å². The molecule has 3 aromatic rings. The zero-order chi connectivity index (χ0) is 13.6. The van der Waals surface area contributed by atoms with Crippen LogP contribution in [0.3, 0.4) is 0 Å². The highest BCUT2D eigenvalue weighted by molar-refractivity contribution is 9.10. The van der Waals surface area contributed by atoms with Gasteiger partial charge in [-0.05, 0) is 12.1 Å². The molecule has 0 bridgehead atoms. The van der Waals surface area contributed by atoms with Crippen molar-refractivity contribution in [3.63, 3.8) is 0 Å². The third-order valence-corrected chi connectivity index (χ3v) is 3.81. The lowest BCUT2D eigenvalue weighted by molar-refractivity contribution is -0.146. The Kier molecular flexibility index (Phi) is 2.82. The zero-order valence-electron chi connectivity index (χ0n) is 9.02. The first-order chi connectivity index (χ1) is 8.95. The molecule has 9 heteroatoms. The van der Waals surface area contributed by atoms with Crippen LogP contribution in [0.5, 0.6) is 0 Å². The largest absolute Gasteiger partial charge is 0.453 e. The quantitative estimate of drug-likeness (QED) is 0.674. The minimum atomic E-state index is -4.57. The maximum absolute atomic E-state index is 12.7. The number of halogens is 4. The van der Waals surface area contributed by atoms with Crippen molar-refractivity contribution in [1.82, 2.24) is 19.8 Å². The smallest absolute Gasteiger partial charge is 0.178 e. The van der Waals surface area contributed by atoms with Crippen molar-refractivity contribution in [2.75, 3.05) is 0 Å². The Morgan fingerprint density at radius 3 is 2.42 bits per heavy atom. The second kappa shape index (κ2) is 4.27. The van der Waals surface area contributed by atoms with Gasteiger partial charge >= 0.3 is 6.18 Å². The van der Waals surface area contributed by atoms with Crippen LogP contribution < -0.4 is 0 Å². The summed E-state index contributed by atoms with van der Waals surface area (Å²) in [6, 6.07) is 7.12. The molecular weight excluding hydrogens is 345 g/mol. The van der Waals surface area contributed by atoms with E-state index in [4.69, 9.17) is 0 Å². The van der Waals surface area contributed by atoms with Crippen LogP contribution >= 0.6 is 27.3 Å². The summed E-state index contributed by atoms with van der Waals surface area (Å²) in [5.41, 5.74) is 0.729. The highest BCUT2D eigenvalue weighted by atomic mass is 79.9. The van der Waals surface area contributed by atoms with Crippen molar-refractivity contribution in [2.45, 2.75) is 6.18 Å². The highest BCUT2D eigenvalue weighted by Crippen LogP contribution is 2.31. The molecule has 0 saturated heterocycles. The van der Waals surface area contributed by atoms with Gasteiger partial charge in [0.15, 0.2) is 0 Å². The van der Waals surface area contributed by atoms with Crippen molar-refractivity contribution in [2.24, 2.45) is 0 Å². The first-order valence-corrected chi connectivity index (χ1v) is 6.61. The molecule has 0 aliphatic carbocycles. The van der Waals surface area contributed by atoms with Gasteiger partial charge in [-0.1, -0.05) is 39.4 Å². The number of aromatic nitrogens is 4. The molecule has 0 fully saturated rings. The van der Waals surface area contributed by atoms with E-state index < -0.39 is 12.0 Å². The molecule has 0 spiro atoms.